The fourth-order valence-electron chi connectivity index (χ4n) is 0.941. The Morgan fingerprint density at radius 3 is 2.77 bits per heavy atom. The summed E-state index contributed by atoms with van der Waals surface area (Å²) < 4.78 is 10.6. The van der Waals surface area contributed by atoms with Gasteiger partial charge < -0.3 is 20.3 Å². The lowest BCUT2D eigenvalue weighted by molar-refractivity contribution is 0.120. The van der Waals surface area contributed by atoms with Crippen LogP contribution in [0.2, 0.25) is 0 Å². The molecule has 0 saturated heterocycles. The minimum atomic E-state index is -0.446. The fourth-order valence-corrected chi connectivity index (χ4v) is 1.50. The zero-order valence-electron chi connectivity index (χ0n) is 8.07. The molecule has 0 aromatic heterocycles. The molecule has 5 heteroatoms. The second kappa shape index (κ2) is 4.49. The number of dihydropyridines is 1. The van der Waals surface area contributed by atoms with Crippen LogP contribution in [0.5, 0.6) is 0 Å². The topological polar surface area (TPSA) is 56.5 Å². The van der Waals surface area contributed by atoms with Crippen molar-refractivity contribution in [2.45, 2.75) is 6.23 Å². The maximum atomic E-state index is 5.70. The Morgan fingerprint density at radius 1 is 1.54 bits per heavy atom. The van der Waals surface area contributed by atoms with Crippen LogP contribution in [0.25, 0.3) is 0 Å². The van der Waals surface area contributed by atoms with Gasteiger partial charge in [-0.05, 0) is 13.3 Å². The van der Waals surface area contributed by atoms with Crippen molar-refractivity contribution < 1.29 is 9.26 Å². The van der Waals surface area contributed by atoms with Crippen molar-refractivity contribution in [2.24, 2.45) is 5.73 Å². The number of nitrogens with two attached hydrogens (primary N) is 1. The quantitative estimate of drug-likeness (QED) is 0.668. The summed E-state index contributed by atoms with van der Waals surface area (Å²) in [5, 5.41) is 2.96. The minimum absolute atomic E-state index is 0.141. The van der Waals surface area contributed by atoms with Crippen molar-refractivity contribution in [3.8, 4) is 0 Å². The lowest BCUT2D eigenvalue weighted by Gasteiger charge is -2.21. The van der Waals surface area contributed by atoms with Crippen LogP contribution < -0.4 is 11.1 Å². The third-order valence-corrected chi connectivity index (χ3v) is 2.09. The Morgan fingerprint density at radius 2 is 2.23 bits per heavy atom. The van der Waals surface area contributed by atoms with Gasteiger partial charge in [0.2, 0.25) is 0 Å². The maximum absolute atomic E-state index is 5.70. The summed E-state index contributed by atoms with van der Waals surface area (Å²) in [6.45, 7) is 4.04. The molecule has 3 N–H and O–H groups in total. The van der Waals surface area contributed by atoms with E-state index in [1.807, 2.05) is 19.4 Å². The van der Waals surface area contributed by atoms with E-state index in [-0.39, 0.29) is 6.23 Å². The van der Waals surface area contributed by atoms with Gasteiger partial charge in [0, 0.05) is 19.4 Å². The summed E-state index contributed by atoms with van der Waals surface area (Å²) in [5.41, 5.74) is 6.32. The number of hydrogen-bond donors (Lipinski definition) is 2. The molecule has 1 aliphatic heterocycles. The van der Waals surface area contributed by atoms with Gasteiger partial charge in [0.05, 0.1) is 13.8 Å². The first kappa shape index (κ1) is 10.4. The monoisotopic (exact) mass is 202 g/mol. The van der Waals surface area contributed by atoms with E-state index in [9.17, 15) is 0 Å². The van der Waals surface area contributed by atoms with E-state index >= 15 is 0 Å². The Kier molecular flexibility index (Phi) is 3.58. The molecule has 0 saturated carbocycles. The molecular weight excluding hydrogens is 187 g/mol. The Hall–Kier alpha value is -0.730. The summed E-state index contributed by atoms with van der Waals surface area (Å²) in [6.07, 6.45) is 3.39. The average Bonchev–Trinajstić information content (AvgIpc) is 2.08. The molecule has 4 nitrogen and oxygen atoms in total. The van der Waals surface area contributed by atoms with Crippen molar-refractivity contribution in [3.05, 3.63) is 23.7 Å². The van der Waals surface area contributed by atoms with Crippen molar-refractivity contribution >= 4 is 8.15 Å². The van der Waals surface area contributed by atoms with Gasteiger partial charge in [0.25, 0.3) is 0 Å². The molecule has 1 rings (SSSR count). The van der Waals surface area contributed by atoms with E-state index in [1.54, 1.807) is 13.3 Å². The smallest absolute Gasteiger partial charge is 0.150 e. The van der Waals surface area contributed by atoms with Crippen molar-refractivity contribution in [3.63, 3.8) is 0 Å². The first-order valence-corrected chi connectivity index (χ1v) is 6.11. The normalized spacial score (nSPS) is 22.0. The molecule has 0 fully saturated rings. The van der Waals surface area contributed by atoms with Gasteiger partial charge in [-0.1, -0.05) is 0 Å². The molecule has 0 spiro atoms. The highest BCUT2D eigenvalue weighted by Crippen LogP contribution is 2.32. The van der Waals surface area contributed by atoms with Gasteiger partial charge >= 0.3 is 0 Å². The van der Waals surface area contributed by atoms with E-state index in [1.165, 1.54) is 0 Å². The molecular formula is C8H15N2O2P. The second-order valence-corrected chi connectivity index (χ2v) is 4.66. The highest BCUT2D eigenvalue weighted by atomic mass is 31.1. The lowest BCUT2D eigenvalue weighted by Crippen LogP contribution is -2.30. The number of hydrogen-bond acceptors (Lipinski definition) is 4. The molecule has 0 aliphatic carbocycles. The minimum Gasteiger partial charge on any atom is -0.473 e. The Bertz CT molecular complexity index is 238. The van der Waals surface area contributed by atoms with Gasteiger partial charge in [-0.2, -0.15) is 0 Å². The molecule has 1 aliphatic rings. The predicted molar refractivity (Wildman–Crippen MR) is 54.1 cm³/mol. The number of rotatable bonds is 3. The Labute approximate surface area is 79.6 Å². The molecule has 0 radical (unpaired) electrons. The lowest BCUT2D eigenvalue weighted by atomic mass is 10.3. The summed E-state index contributed by atoms with van der Waals surface area (Å²) in [4.78, 5) is 0. The number of ether oxygens (including phenoxy) is 1. The molecule has 0 aromatic carbocycles. The van der Waals surface area contributed by atoms with Gasteiger partial charge in [-0.3, -0.25) is 0 Å². The van der Waals surface area contributed by atoms with Crippen LogP contribution in [0, 0.1) is 0 Å². The van der Waals surface area contributed by atoms with Gasteiger partial charge in [-0.15, -0.1) is 0 Å². The van der Waals surface area contributed by atoms with Crippen LogP contribution in [0.4, 0.5) is 0 Å². The van der Waals surface area contributed by atoms with Crippen molar-refractivity contribution in [1.82, 2.24) is 5.32 Å². The van der Waals surface area contributed by atoms with Crippen LogP contribution in [-0.4, -0.2) is 26.7 Å². The van der Waals surface area contributed by atoms with Crippen LogP contribution in [0.1, 0.15) is 0 Å². The molecule has 74 valence electrons. The zero-order valence-corrected chi connectivity index (χ0v) is 8.97. The standard InChI is InChI=1S/C8H15N2O2P/c1-11-8-4-7(12-13(2)3)6(9)5-10-8/h4-5,8,10H,9H2,1-3H3. The highest BCUT2D eigenvalue weighted by Gasteiger charge is 2.14. The molecule has 1 atom stereocenters. The molecule has 13 heavy (non-hydrogen) atoms. The molecule has 1 unspecified atom stereocenters. The largest absolute Gasteiger partial charge is 0.473 e. The fraction of sp³-hybridized carbons (Fsp3) is 0.500. The molecule has 0 amide bonds. The predicted octanol–water partition coefficient (Wildman–Crippen LogP) is 0.919. The van der Waals surface area contributed by atoms with E-state index in [0.29, 0.717) is 11.5 Å². The summed E-state index contributed by atoms with van der Waals surface area (Å²) >= 11 is 0. The van der Waals surface area contributed by atoms with Crippen LogP contribution in [-0.2, 0) is 9.26 Å². The van der Waals surface area contributed by atoms with Crippen molar-refractivity contribution in [2.75, 3.05) is 20.4 Å². The van der Waals surface area contributed by atoms with Gasteiger partial charge in [0.1, 0.15) is 12.0 Å². The van der Waals surface area contributed by atoms with Crippen LogP contribution >= 0.6 is 8.15 Å². The number of methoxy groups -OCH3 is 1. The van der Waals surface area contributed by atoms with Crippen molar-refractivity contribution in [1.29, 1.82) is 0 Å². The van der Waals surface area contributed by atoms with E-state index < -0.39 is 8.15 Å². The Balaban J connectivity index is 2.67. The highest BCUT2D eigenvalue weighted by molar-refractivity contribution is 7.50. The zero-order chi connectivity index (χ0) is 9.84. The summed E-state index contributed by atoms with van der Waals surface area (Å²) in [6, 6.07) is 0. The SMILES string of the molecule is COC1C=C(OP(C)C)C(N)=CN1. The first-order valence-electron chi connectivity index (χ1n) is 3.95. The van der Waals surface area contributed by atoms with Crippen LogP contribution in [0.15, 0.2) is 23.7 Å². The van der Waals surface area contributed by atoms with Gasteiger partial charge in [-0.25, -0.2) is 0 Å². The van der Waals surface area contributed by atoms with E-state index in [2.05, 4.69) is 5.32 Å². The third kappa shape index (κ3) is 2.90. The summed E-state index contributed by atoms with van der Waals surface area (Å²) in [5.74, 6) is 0.710. The summed E-state index contributed by atoms with van der Waals surface area (Å²) in [7, 11) is 1.18. The maximum Gasteiger partial charge on any atom is 0.150 e. The number of nitrogens with one attached hydrogen (secondary N) is 1. The first-order chi connectivity index (χ1) is 6.13. The van der Waals surface area contributed by atoms with E-state index in [0.717, 1.165) is 0 Å². The molecule has 0 aromatic rings. The average molecular weight is 202 g/mol. The molecule has 1 heterocycles. The molecule has 0 bridgehead atoms. The second-order valence-electron chi connectivity index (χ2n) is 2.86. The third-order valence-electron chi connectivity index (χ3n) is 1.53. The van der Waals surface area contributed by atoms with Crippen LogP contribution in [0.3, 0.4) is 0 Å². The van der Waals surface area contributed by atoms with Gasteiger partial charge in [0.15, 0.2) is 0 Å². The van der Waals surface area contributed by atoms with E-state index in [4.69, 9.17) is 15.0 Å².